The van der Waals surface area contributed by atoms with Gasteiger partial charge in [-0.15, -0.1) is 11.3 Å². The van der Waals surface area contributed by atoms with Crippen molar-refractivity contribution in [1.82, 2.24) is 0 Å². The van der Waals surface area contributed by atoms with E-state index in [0.29, 0.717) is 17.4 Å². The van der Waals surface area contributed by atoms with Gasteiger partial charge in [-0.2, -0.15) is 4.39 Å². The third kappa shape index (κ3) is 1.47. The quantitative estimate of drug-likeness (QED) is 0.755. The molecule has 74 valence electrons. The van der Waals surface area contributed by atoms with E-state index in [1.165, 1.54) is 0 Å². The Balaban J connectivity index is 2.70. The van der Waals surface area contributed by atoms with Gasteiger partial charge < -0.3 is 4.74 Å². The summed E-state index contributed by atoms with van der Waals surface area (Å²) in [6.45, 7) is 2.28. The number of benzene rings is 1. The summed E-state index contributed by atoms with van der Waals surface area (Å²) in [5.74, 6) is 0.315. The number of hydrogen-bond donors (Lipinski definition) is 0. The molecule has 0 saturated heterocycles. The standard InChI is InChI=1S/C10H8ClFOS/c1-2-13-8-6-4-3-5-7(11)9(6)14-10(8)12/h3-5H,2H2,1H3. The number of thiophene rings is 1. The minimum Gasteiger partial charge on any atom is -0.489 e. The van der Waals surface area contributed by atoms with Crippen LogP contribution in [-0.4, -0.2) is 6.61 Å². The average Bonchev–Trinajstić information content (AvgIpc) is 2.47. The van der Waals surface area contributed by atoms with Crippen LogP contribution in [0, 0.1) is 5.13 Å². The number of hydrogen-bond acceptors (Lipinski definition) is 2. The highest BCUT2D eigenvalue weighted by Crippen LogP contribution is 2.39. The Hall–Kier alpha value is -0.800. The number of rotatable bonds is 2. The van der Waals surface area contributed by atoms with Crippen molar-refractivity contribution in [2.24, 2.45) is 0 Å². The van der Waals surface area contributed by atoms with Gasteiger partial charge in [0.05, 0.1) is 16.3 Å². The fourth-order valence-electron chi connectivity index (χ4n) is 1.31. The van der Waals surface area contributed by atoms with Gasteiger partial charge in [-0.25, -0.2) is 0 Å². The van der Waals surface area contributed by atoms with Gasteiger partial charge in [0.1, 0.15) is 0 Å². The smallest absolute Gasteiger partial charge is 0.219 e. The Morgan fingerprint density at radius 3 is 3.00 bits per heavy atom. The molecule has 0 bridgehead atoms. The highest BCUT2D eigenvalue weighted by atomic mass is 35.5. The molecule has 0 amide bonds. The van der Waals surface area contributed by atoms with Crippen molar-refractivity contribution < 1.29 is 9.13 Å². The molecule has 1 aromatic heterocycles. The molecule has 14 heavy (non-hydrogen) atoms. The number of halogens is 2. The molecule has 4 heteroatoms. The Labute approximate surface area is 90.1 Å². The van der Waals surface area contributed by atoms with Gasteiger partial charge in [-0.05, 0) is 19.1 Å². The van der Waals surface area contributed by atoms with Crippen molar-refractivity contribution in [2.75, 3.05) is 6.61 Å². The van der Waals surface area contributed by atoms with E-state index in [0.717, 1.165) is 21.4 Å². The summed E-state index contributed by atoms with van der Waals surface area (Å²) in [5.41, 5.74) is 0. The van der Waals surface area contributed by atoms with Crippen LogP contribution < -0.4 is 4.74 Å². The second-order valence-corrected chi connectivity index (χ2v) is 4.13. The molecule has 1 nitrogen and oxygen atoms in total. The maximum Gasteiger partial charge on any atom is 0.219 e. The summed E-state index contributed by atoms with van der Waals surface area (Å²) < 4.78 is 19.4. The fourth-order valence-corrected chi connectivity index (χ4v) is 2.48. The summed E-state index contributed by atoms with van der Waals surface area (Å²) in [5, 5.41) is 1.01. The molecule has 1 heterocycles. The second-order valence-electron chi connectivity index (χ2n) is 2.75. The van der Waals surface area contributed by atoms with Gasteiger partial charge in [0, 0.05) is 5.39 Å². The molecule has 0 atom stereocenters. The van der Waals surface area contributed by atoms with Crippen molar-refractivity contribution in [2.45, 2.75) is 6.92 Å². The molecule has 0 N–H and O–H groups in total. The maximum absolute atomic E-state index is 13.4. The second kappa shape index (κ2) is 3.75. The van der Waals surface area contributed by atoms with Crippen LogP contribution in [0.3, 0.4) is 0 Å². The van der Waals surface area contributed by atoms with E-state index >= 15 is 0 Å². The average molecular weight is 231 g/mol. The van der Waals surface area contributed by atoms with Gasteiger partial charge >= 0.3 is 0 Å². The zero-order valence-corrected chi connectivity index (χ0v) is 9.08. The van der Waals surface area contributed by atoms with Gasteiger partial charge in [0.15, 0.2) is 5.75 Å². The van der Waals surface area contributed by atoms with Crippen molar-refractivity contribution >= 4 is 33.0 Å². The zero-order valence-electron chi connectivity index (χ0n) is 7.51. The van der Waals surface area contributed by atoms with Crippen LogP contribution >= 0.6 is 22.9 Å². The van der Waals surface area contributed by atoms with Crippen LogP contribution in [0.2, 0.25) is 5.02 Å². The van der Waals surface area contributed by atoms with Gasteiger partial charge in [0.25, 0.3) is 0 Å². The number of fused-ring (bicyclic) bond motifs is 1. The summed E-state index contributed by atoms with van der Waals surface area (Å²) in [4.78, 5) is 0. The molecular weight excluding hydrogens is 223 g/mol. The third-order valence-electron chi connectivity index (χ3n) is 1.87. The van der Waals surface area contributed by atoms with Crippen molar-refractivity contribution in [1.29, 1.82) is 0 Å². The molecule has 0 radical (unpaired) electrons. The lowest BCUT2D eigenvalue weighted by Crippen LogP contribution is -1.91. The van der Waals surface area contributed by atoms with Crippen LogP contribution in [0.25, 0.3) is 10.1 Å². The lowest BCUT2D eigenvalue weighted by Gasteiger charge is -2.00. The van der Waals surface area contributed by atoms with E-state index in [1.54, 1.807) is 12.1 Å². The minimum absolute atomic E-state index is 0.310. The molecule has 2 rings (SSSR count). The lowest BCUT2D eigenvalue weighted by atomic mass is 10.2. The first-order valence-electron chi connectivity index (χ1n) is 4.23. The van der Waals surface area contributed by atoms with Crippen LogP contribution in [-0.2, 0) is 0 Å². The highest BCUT2D eigenvalue weighted by molar-refractivity contribution is 7.18. The zero-order chi connectivity index (χ0) is 10.1. The number of ether oxygens (including phenoxy) is 1. The predicted octanol–water partition coefficient (Wildman–Crippen LogP) is 4.09. The first kappa shape index (κ1) is 9.74. The molecule has 0 aliphatic rings. The van der Waals surface area contributed by atoms with E-state index in [2.05, 4.69) is 0 Å². The van der Waals surface area contributed by atoms with Gasteiger partial charge in [-0.3, -0.25) is 0 Å². The van der Waals surface area contributed by atoms with Crippen LogP contribution in [0.1, 0.15) is 6.92 Å². The van der Waals surface area contributed by atoms with E-state index in [4.69, 9.17) is 16.3 Å². The monoisotopic (exact) mass is 230 g/mol. The Kier molecular flexibility index (Phi) is 2.61. The molecule has 1 aromatic carbocycles. The highest BCUT2D eigenvalue weighted by Gasteiger charge is 2.14. The molecule has 0 spiro atoms. The first-order chi connectivity index (χ1) is 6.74. The van der Waals surface area contributed by atoms with Crippen LogP contribution in [0.15, 0.2) is 18.2 Å². The van der Waals surface area contributed by atoms with Crippen molar-refractivity contribution in [3.8, 4) is 5.75 Å². The predicted molar refractivity (Wildman–Crippen MR) is 58.0 cm³/mol. The molecule has 0 aliphatic carbocycles. The lowest BCUT2D eigenvalue weighted by molar-refractivity contribution is 0.330. The van der Waals surface area contributed by atoms with Crippen LogP contribution in [0.5, 0.6) is 5.75 Å². The summed E-state index contributed by atoms with van der Waals surface area (Å²) in [7, 11) is 0. The van der Waals surface area contributed by atoms with E-state index in [1.807, 2.05) is 13.0 Å². The van der Waals surface area contributed by atoms with E-state index in [9.17, 15) is 4.39 Å². The molecule has 0 aliphatic heterocycles. The topological polar surface area (TPSA) is 9.23 Å². The fraction of sp³-hybridized carbons (Fsp3) is 0.200. The molecule has 0 fully saturated rings. The normalized spacial score (nSPS) is 10.8. The summed E-state index contributed by atoms with van der Waals surface area (Å²) in [6.07, 6.45) is 0. The Morgan fingerprint density at radius 1 is 1.50 bits per heavy atom. The van der Waals surface area contributed by atoms with Crippen LogP contribution in [0.4, 0.5) is 4.39 Å². The molecular formula is C10H8ClFOS. The Bertz CT molecular complexity index is 466. The summed E-state index contributed by atoms with van der Waals surface area (Å²) >= 11 is 6.95. The SMILES string of the molecule is CCOc1c(F)sc2c(Cl)cccc12. The van der Waals surface area contributed by atoms with Gasteiger partial charge in [-0.1, -0.05) is 17.7 Å². The van der Waals surface area contributed by atoms with Gasteiger partial charge in [0.2, 0.25) is 5.13 Å². The molecule has 0 unspecified atom stereocenters. The molecule has 0 saturated carbocycles. The van der Waals surface area contributed by atoms with Crippen molar-refractivity contribution in [3.05, 3.63) is 28.4 Å². The minimum atomic E-state index is -0.310. The van der Waals surface area contributed by atoms with E-state index in [-0.39, 0.29) is 5.13 Å². The molecule has 2 aromatic rings. The van der Waals surface area contributed by atoms with Crippen molar-refractivity contribution in [3.63, 3.8) is 0 Å². The Morgan fingerprint density at radius 2 is 2.29 bits per heavy atom. The summed E-state index contributed by atoms with van der Waals surface area (Å²) in [6, 6.07) is 5.35. The van der Waals surface area contributed by atoms with E-state index < -0.39 is 0 Å². The first-order valence-corrected chi connectivity index (χ1v) is 5.42. The largest absolute Gasteiger partial charge is 0.489 e. The maximum atomic E-state index is 13.4. The third-order valence-corrected chi connectivity index (χ3v) is 3.31.